The van der Waals surface area contributed by atoms with Gasteiger partial charge in [0, 0.05) is 52.2 Å². The van der Waals surface area contributed by atoms with Gasteiger partial charge in [0.1, 0.15) is 5.75 Å². The van der Waals surface area contributed by atoms with Gasteiger partial charge in [-0.05, 0) is 35.7 Å². The molecule has 1 N–H and O–H groups in total. The summed E-state index contributed by atoms with van der Waals surface area (Å²) in [5, 5.41) is 7.85. The van der Waals surface area contributed by atoms with Crippen LogP contribution in [0.25, 0.3) is 0 Å². The molecule has 0 saturated carbocycles. The van der Waals surface area contributed by atoms with Crippen molar-refractivity contribution in [3.63, 3.8) is 0 Å². The summed E-state index contributed by atoms with van der Waals surface area (Å²) in [6, 6.07) is 8.38. The highest BCUT2D eigenvalue weighted by Gasteiger charge is 2.15. The van der Waals surface area contributed by atoms with E-state index in [4.69, 9.17) is 4.74 Å². The lowest BCUT2D eigenvalue weighted by atomic mass is 10.1. The van der Waals surface area contributed by atoms with Crippen LogP contribution in [0.2, 0.25) is 0 Å². The van der Waals surface area contributed by atoms with E-state index < -0.39 is 5.82 Å². The van der Waals surface area contributed by atoms with Crippen molar-refractivity contribution in [3.05, 3.63) is 71.6 Å². The van der Waals surface area contributed by atoms with Gasteiger partial charge in [-0.2, -0.15) is 5.10 Å². The lowest BCUT2D eigenvalue weighted by Gasteiger charge is -2.22. The van der Waals surface area contributed by atoms with Crippen LogP contribution in [0.3, 0.4) is 0 Å². The summed E-state index contributed by atoms with van der Waals surface area (Å²) in [6.45, 7) is 5.38. The van der Waals surface area contributed by atoms with Crippen molar-refractivity contribution in [2.24, 2.45) is 12.0 Å². The Morgan fingerprint density at radius 2 is 2.09 bits per heavy atom. The van der Waals surface area contributed by atoms with Crippen molar-refractivity contribution in [2.75, 3.05) is 14.1 Å². The molecule has 1 aromatic carbocycles. The maximum atomic E-state index is 14.5. The number of benzene rings is 1. The van der Waals surface area contributed by atoms with Crippen LogP contribution < -0.4 is 10.1 Å². The number of halogens is 2. The normalized spacial score (nSPS) is 11.3. The third-order valence-corrected chi connectivity index (χ3v) is 4.77. The van der Waals surface area contributed by atoms with E-state index in [1.54, 1.807) is 37.6 Å². The molecule has 0 unspecified atom stereocenters. The zero-order chi connectivity index (χ0) is 22.4. The van der Waals surface area contributed by atoms with Gasteiger partial charge in [0.05, 0.1) is 11.9 Å². The molecule has 0 aliphatic heterocycles. The van der Waals surface area contributed by atoms with Gasteiger partial charge < -0.3 is 15.0 Å². The average Bonchev–Trinajstić information content (AvgIpc) is 3.11. The van der Waals surface area contributed by atoms with Crippen LogP contribution in [0.4, 0.5) is 4.39 Å². The summed E-state index contributed by atoms with van der Waals surface area (Å²) >= 11 is 0. The molecule has 172 valence electrons. The fourth-order valence-corrected chi connectivity index (χ4v) is 3.33. The number of pyridine rings is 1. The molecule has 0 saturated heterocycles. The topological polar surface area (TPSA) is 67.6 Å². The summed E-state index contributed by atoms with van der Waals surface area (Å²) < 4.78 is 21.9. The lowest BCUT2D eigenvalue weighted by Crippen LogP contribution is -2.38. The predicted octanol–water partition coefficient (Wildman–Crippen LogP) is 4.70. The molecule has 0 atom stereocenters. The number of hydrogen-bond donors (Lipinski definition) is 1. The molecule has 7 nitrogen and oxygen atoms in total. The second-order valence-corrected chi connectivity index (χ2v) is 7.68. The minimum absolute atomic E-state index is 0. The molecule has 3 aromatic rings. The van der Waals surface area contributed by atoms with E-state index in [9.17, 15) is 4.39 Å². The van der Waals surface area contributed by atoms with Crippen molar-refractivity contribution in [3.8, 4) is 11.5 Å². The van der Waals surface area contributed by atoms with Crippen molar-refractivity contribution in [2.45, 2.75) is 32.9 Å². The highest BCUT2D eigenvalue weighted by Crippen LogP contribution is 2.24. The molecule has 9 heteroatoms. The van der Waals surface area contributed by atoms with Gasteiger partial charge in [-0.1, -0.05) is 19.9 Å². The second-order valence-electron chi connectivity index (χ2n) is 7.68. The van der Waals surface area contributed by atoms with Crippen molar-refractivity contribution in [1.29, 1.82) is 0 Å². The molecule has 0 fully saturated rings. The number of rotatable bonds is 7. The lowest BCUT2D eigenvalue weighted by molar-refractivity contribution is 0.439. The summed E-state index contributed by atoms with van der Waals surface area (Å²) in [5.74, 6) is 1.29. The summed E-state index contributed by atoms with van der Waals surface area (Å²) in [7, 11) is 5.63. The molecular weight excluding hydrogens is 522 g/mol. The van der Waals surface area contributed by atoms with Crippen molar-refractivity contribution >= 4 is 29.9 Å². The van der Waals surface area contributed by atoms with E-state index in [1.165, 1.54) is 6.07 Å². The van der Waals surface area contributed by atoms with Gasteiger partial charge in [-0.25, -0.2) is 4.39 Å². The Morgan fingerprint density at radius 1 is 1.31 bits per heavy atom. The Kier molecular flexibility index (Phi) is 9.42. The first kappa shape index (κ1) is 25.6. The van der Waals surface area contributed by atoms with Crippen molar-refractivity contribution in [1.82, 2.24) is 25.0 Å². The molecule has 2 heterocycles. The fourth-order valence-electron chi connectivity index (χ4n) is 3.33. The summed E-state index contributed by atoms with van der Waals surface area (Å²) in [4.78, 5) is 10.4. The molecule has 3 rings (SSSR count). The van der Waals surface area contributed by atoms with Gasteiger partial charge in [0.25, 0.3) is 0 Å². The number of nitrogens with one attached hydrogen (secondary N) is 1. The standard InChI is InChI=1S/C23H29FN6O.HI/c1-16(2)22-18(15-30(5)28-22)14-29(4)23(25-3)27-12-17-8-9-21(20(24)11-17)31-19-7-6-10-26-13-19;/h6-11,13,15-16H,12,14H2,1-5H3,(H,25,27);1H. The van der Waals surface area contributed by atoms with Gasteiger partial charge >= 0.3 is 0 Å². The van der Waals surface area contributed by atoms with Gasteiger partial charge in [-0.3, -0.25) is 14.7 Å². The number of aromatic nitrogens is 3. The Hall–Kier alpha value is -2.69. The molecule has 0 aliphatic rings. The summed E-state index contributed by atoms with van der Waals surface area (Å²) in [6.07, 6.45) is 5.22. The molecule has 0 aliphatic carbocycles. The fraction of sp³-hybridized carbons (Fsp3) is 0.348. The maximum absolute atomic E-state index is 14.5. The predicted molar refractivity (Wildman–Crippen MR) is 135 cm³/mol. The van der Waals surface area contributed by atoms with Crippen LogP contribution >= 0.6 is 24.0 Å². The Labute approximate surface area is 205 Å². The second kappa shape index (κ2) is 11.8. The Balaban J connectivity index is 0.00000363. The number of aliphatic imine (C=N–C) groups is 1. The first-order valence-corrected chi connectivity index (χ1v) is 10.2. The number of ether oxygens (including phenoxy) is 1. The van der Waals surface area contributed by atoms with E-state index >= 15 is 0 Å². The SMILES string of the molecule is CN=C(NCc1ccc(Oc2cccnc2)c(F)c1)N(C)Cc1cn(C)nc1C(C)C.I. The first-order valence-electron chi connectivity index (χ1n) is 10.2. The number of hydrogen-bond acceptors (Lipinski definition) is 4. The monoisotopic (exact) mass is 552 g/mol. The molecule has 32 heavy (non-hydrogen) atoms. The van der Waals surface area contributed by atoms with Gasteiger partial charge in [0.15, 0.2) is 17.5 Å². The average molecular weight is 552 g/mol. The molecule has 0 amide bonds. The van der Waals surface area contributed by atoms with Crippen LogP contribution in [0, 0.1) is 5.82 Å². The van der Waals surface area contributed by atoms with E-state index in [1.807, 2.05) is 35.9 Å². The molecular formula is C23H30FIN6O. The zero-order valence-corrected chi connectivity index (χ0v) is 21.4. The van der Waals surface area contributed by atoms with Gasteiger partial charge in [0.2, 0.25) is 0 Å². The first-order chi connectivity index (χ1) is 14.9. The quantitative estimate of drug-likeness (QED) is 0.262. The third-order valence-electron chi connectivity index (χ3n) is 4.77. The highest BCUT2D eigenvalue weighted by atomic mass is 127. The molecule has 2 aromatic heterocycles. The zero-order valence-electron chi connectivity index (χ0n) is 19.0. The number of aryl methyl sites for hydroxylation is 1. The molecule has 0 bridgehead atoms. The number of nitrogens with zero attached hydrogens (tertiary/aromatic N) is 5. The van der Waals surface area contributed by atoms with Crippen LogP contribution in [0.15, 0.2) is 53.9 Å². The third kappa shape index (κ3) is 6.65. The smallest absolute Gasteiger partial charge is 0.193 e. The molecule has 0 radical (unpaired) electrons. The minimum Gasteiger partial charge on any atom is -0.453 e. The van der Waals surface area contributed by atoms with Crippen LogP contribution in [-0.2, 0) is 20.1 Å². The van der Waals surface area contributed by atoms with E-state index in [2.05, 4.69) is 34.2 Å². The van der Waals surface area contributed by atoms with Gasteiger partial charge in [-0.15, -0.1) is 24.0 Å². The van der Waals surface area contributed by atoms with E-state index in [0.717, 1.165) is 22.8 Å². The maximum Gasteiger partial charge on any atom is 0.193 e. The highest BCUT2D eigenvalue weighted by molar-refractivity contribution is 14.0. The van der Waals surface area contributed by atoms with Crippen LogP contribution in [-0.4, -0.2) is 39.7 Å². The van der Waals surface area contributed by atoms with Crippen LogP contribution in [0.5, 0.6) is 11.5 Å². The Morgan fingerprint density at radius 3 is 2.72 bits per heavy atom. The largest absolute Gasteiger partial charge is 0.453 e. The molecule has 0 spiro atoms. The summed E-state index contributed by atoms with van der Waals surface area (Å²) in [5.41, 5.74) is 3.02. The van der Waals surface area contributed by atoms with Crippen molar-refractivity contribution < 1.29 is 9.13 Å². The van der Waals surface area contributed by atoms with Crippen LogP contribution in [0.1, 0.15) is 36.6 Å². The number of guanidine groups is 1. The van der Waals surface area contributed by atoms with E-state index in [0.29, 0.717) is 24.8 Å². The minimum atomic E-state index is -0.427. The Bertz CT molecular complexity index is 1040. The van der Waals surface area contributed by atoms with E-state index in [-0.39, 0.29) is 29.7 Å².